The number of hydrogen-bond acceptors (Lipinski definition) is 9. The zero-order valence-corrected chi connectivity index (χ0v) is 24.1. The van der Waals surface area contributed by atoms with Gasteiger partial charge in [-0.15, -0.1) is 16.4 Å². The molecule has 1 aliphatic carbocycles. The Morgan fingerprint density at radius 1 is 1.25 bits per heavy atom. The molecule has 0 bridgehead atoms. The Morgan fingerprint density at radius 3 is 2.58 bits per heavy atom. The van der Waals surface area contributed by atoms with Crippen molar-refractivity contribution in [1.82, 2.24) is 29.4 Å². The summed E-state index contributed by atoms with van der Waals surface area (Å²) in [6.07, 6.45) is 3.94. The second kappa shape index (κ2) is 10.1. The molecular formula is C23H33N7O3S2Si. The van der Waals surface area contributed by atoms with Gasteiger partial charge in [0.1, 0.15) is 10.0 Å². The summed E-state index contributed by atoms with van der Waals surface area (Å²) in [5.41, 5.74) is 0.920. The van der Waals surface area contributed by atoms with E-state index in [9.17, 15) is 13.2 Å². The molecule has 1 fully saturated rings. The largest absolute Gasteiger partial charge is 0.323 e. The van der Waals surface area contributed by atoms with E-state index in [0.29, 0.717) is 41.3 Å². The number of aromatic nitrogens is 4. The number of sulfonamides is 1. The zero-order valence-electron chi connectivity index (χ0n) is 21.5. The van der Waals surface area contributed by atoms with Crippen LogP contribution in [-0.2, 0) is 10.0 Å². The van der Waals surface area contributed by atoms with Gasteiger partial charge in [-0.05, 0) is 44.3 Å². The quantitative estimate of drug-likeness (QED) is 0.372. The molecule has 3 aromatic rings. The number of nitrogens with zero attached hydrogens (tertiary/aromatic N) is 5. The van der Waals surface area contributed by atoms with Gasteiger partial charge < -0.3 is 10.2 Å². The lowest BCUT2D eigenvalue weighted by Crippen LogP contribution is -2.40. The standard InChI is InChI=1S/C23H33N7O3S2Si/c1-15(31)30-17(16-7-8-16)13-20(28-30)26-23-19(36(4,5)6)14-24-22(27-23)18-9-10-21(34-18)35(32,33)25-11-12-29(2)3/h9-10,13-14,16,25H,7-8,11-12H2,1-6H3,(H,24,26,27,28). The molecule has 0 atom stereocenters. The molecule has 0 radical (unpaired) electrons. The van der Waals surface area contributed by atoms with E-state index in [1.807, 2.05) is 31.3 Å². The molecule has 1 aliphatic rings. The topological polar surface area (TPSA) is 122 Å². The summed E-state index contributed by atoms with van der Waals surface area (Å²) < 4.78 is 29.7. The van der Waals surface area contributed by atoms with E-state index in [0.717, 1.165) is 35.1 Å². The van der Waals surface area contributed by atoms with Crippen molar-refractivity contribution >= 4 is 52.2 Å². The Balaban J connectivity index is 1.64. The smallest absolute Gasteiger partial charge is 0.250 e. The maximum absolute atomic E-state index is 12.7. The minimum Gasteiger partial charge on any atom is -0.323 e. The Hall–Kier alpha value is -2.45. The van der Waals surface area contributed by atoms with E-state index in [4.69, 9.17) is 4.98 Å². The van der Waals surface area contributed by atoms with Crippen LogP contribution in [0.5, 0.6) is 0 Å². The minimum atomic E-state index is -3.61. The molecule has 2 N–H and O–H groups in total. The average molecular weight is 548 g/mol. The molecule has 36 heavy (non-hydrogen) atoms. The van der Waals surface area contributed by atoms with Gasteiger partial charge in [-0.1, -0.05) is 19.6 Å². The molecule has 4 rings (SSSR count). The van der Waals surface area contributed by atoms with E-state index in [1.165, 1.54) is 11.6 Å². The van der Waals surface area contributed by atoms with Gasteiger partial charge in [0.05, 0.1) is 18.6 Å². The van der Waals surface area contributed by atoms with Crippen LogP contribution in [0.15, 0.2) is 28.6 Å². The summed E-state index contributed by atoms with van der Waals surface area (Å²) >= 11 is 1.13. The van der Waals surface area contributed by atoms with Gasteiger partial charge in [0, 0.05) is 38.2 Å². The molecule has 10 nitrogen and oxygen atoms in total. The van der Waals surface area contributed by atoms with Crippen molar-refractivity contribution in [2.75, 3.05) is 32.5 Å². The second-order valence-electron chi connectivity index (χ2n) is 10.3. The predicted molar refractivity (Wildman–Crippen MR) is 146 cm³/mol. The maximum atomic E-state index is 12.7. The molecule has 13 heteroatoms. The first-order chi connectivity index (χ1) is 16.8. The average Bonchev–Trinajstić information content (AvgIpc) is 3.32. The van der Waals surface area contributed by atoms with Gasteiger partial charge in [-0.25, -0.2) is 27.8 Å². The van der Waals surface area contributed by atoms with Crippen LogP contribution < -0.4 is 15.2 Å². The molecule has 3 aromatic heterocycles. The first-order valence-electron chi connectivity index (χ1n) is 11.8. The van der Waals surface area contributed by atoms with Gasteiger partial charge in [0.15, 0.2) is 11.6 Å². The summed E-state index contributed by atoms with van der Waals surface area (Å²) in [7, 11) is -1.67. The highest BCUT2D eigenvalue weighted by molar-refractivity contribution is 7.91. The van der Waals surface area contributed by atoms with Crippen LogP contribution in [0.25, 0.3) is 10.7 Å². The van der Waals surface area contributed by atoms with E-state index in [2.05, 4.69) is 39.8 Å². The molecule has 1 saturated carbocycles. The number of nitrogens with one attached hydrogen (secondary N) is 2. The van der Waals surface area contributed by atoms with Crippen LogP contribution in [0.2, 0.25) is 19.6 Å². The molecule has 194 valence electrons. The lowest BCUT2D eigenvalue weighted by molar-refractivity contribution is 0.0917. The Morgan fingerprint density at radius 2 is 1.97 bits per heavy atom. The van der Waals surface area contributed by atoms with Crippen molar-refractivity contribution in [2.24, 2.45) is 0 Å². The number of carbonyl (C=O) groups excluding carboxylic acids is 1. The molecule has 0 aromatic carbocycles. The van der Waals surface area contributed by atoms with Crippen LogP contribution in [0, 0.1) is 0 Å². The highest BCUT2D eigenvalue weighted by Gasteiger charge is 2.30. The predicted octanol–water partition coefficient (Wildman–Crippen LogP) is 3.07. The van der Waals surface area contributed by atoms with Gasteiger partial charge in [0.2, 0.25) is 15.9 Å². The monoisotopic (exact) mass is 547 g/mol. The first kappa shape index (κ1) is 26.6. The fraction of sp³-hybridized carbons (Fsp3) is 0.478. The third kappa shape index (κ3) is 6.09. The van der Waals surface area contributed by atoms with E-state index in [1.54, 1.807) is 12.1 Å². The minimum absolute atomic E-state index is 0.120. The van der Waals surface area contributed by atoms with Crippen molar-refractivity contribution in [3.63, 3.8) is 0 Å². The van der Waals surface area contributed by atoms with Crippen LogP contribution in [-0.4, -0.2) is 74.2 Å². The summed E-state index contributed by atoms with van der Waals surface area (Å²) in [5, 5.41) is 8.84. The summed E-state index contributed by atoms with van der Waals surface area (Å²) in [6, 6.07) is 5.23. The molecule has 0 unspecified atom stereocenters. The normalized spacial score (nSPS) is 14.4. The number of anilines is 2. The van der Waals surface area contributed by atoms with Crippen molar-refractivity contribution in [1.29, 1.82) is 0 Å². The number of rotatable bonds is 10. The Labute approximate surface area is 217 Å². The fourth-order valence-corrected chi connectivity index (χ4v) is 7.30. The molecule has 0 saturated heterocycles. The number of carbonyl (C=O) groups is 1. The van der Waals surface area contributed by atoms with E-state index < -0.39 is 18.1 Å². The lowest BCUT2D eigenvalue weighted by Gasteiger charge is -2.20. The summed E-state index contributed by atoms with van der Waals surface area (Å²) in [5.74, 6) is 1.89. The van der Waals surface area contributed by atoms with E-state index in [-0.39, 0.29) is 10.1 Å². The first-order valence-corrected chi connectivity index (χ1v) is 17.6. The van der Waals surface area contributed by atoms with Crippen LogP contribution in [0.3, 0.4) is 0 Å². The van der Waals surface area contributed by atoms with Crippen LogP contribution in [0.1, 0.15) is 36.2 Å². The van der Waals surface area contributed by atoms with Gasteiger partial charge in [-0.3, -0.25) is 4.79 Å². The highest BCUT2D eigenvalue weighted by Crippen LogP contribution is 2.41. The number of likely N-dealkylation sites (N-methyl/N-ethyl adjacent to an activating group) is 1. The van der Waals surface area contributed by atoms with Crippen LogP contribution in [0.4, 0.5) is 11.6 Å². The Kier molecular flexibility index (Phi) is 7.49. The Bertz CT molecular complexity index is 1370. The third-order valence-corrected chi connectivity index (χ3v) is 10.8. The molecule has 0 amide bonds. The van der Waals surface area contributed by atoms with E-state index >= 15 is 0 Å². The second-order valence-corrected chi connectivity index (χ2v) is 18.4. The fourth-order valence-electron chi connectivity index (χ4n) is 3.70. The molecule has 0 spiro atoms. The highest BCUT2D eigenvalue weighted by atomic mass is 32.2. The van der Waals surface area contributed by atoms with Gasteiger partial charge in [0.25, 0.3) is 0 Å². The summed E-state index contributed by atoms with van der Waals surface area (Å²) in [6.45, 7) is 9.06. The van der Waals surface area contributed by atoms with Crippen molar-refractivity contribution in [2.45, 2.75) is 49.5 Å². The molecule has 0 aliphatic heterocycles. The number of thiophene rings is 1. The SMILES string of the molecule is CC(=O)n1nc(Nc2nc(-c3ccc(S(=O)(=O)NCCN(C)C)s3)ncc2[Si](C)(C)C)cc1C1CC1. The van der Waals surface area contributed by atoms with Crippen LogP contribution >= 0.6 is 11.3 Å². The third-order valence-electron chi connectivity index (χ3n) is 5.79. The summed E-state index contributed by atoms with van der Waals surface area (Å²) in [4.78, 5) is 24.1. The van der Waals surface area contributed by atoms with Crippen molar-refractivity contribution in [3.8, 4) is 10.7 Å². The van der Waals surface area contributed by atoms with Gasteiger partial charge >= 0.3 is 0 Å². The number of hydrogen-bond donors (Lipinski definition) is 2. The van der Waals surface area contributed by atoms with Gasteiger partial charge in [-0.2, -0.15) is 0 Å². The van der Waals surface area contributed by atoms with Crippen molar-refractivity contribution in [3.05, 3.63) is 30.1 Å². The zero-order chi connectivity index (χ0) is 26.3. The maximum Gasteiger partial charge on any atom is 0.250 e. The lowest BCUT2D eigenvalue weighted by atomic mass is 10.3. The molecular weight excluding hydrogens is 515 g/mol. The van der Waals surface area contributed by atoms with Crippen molar-refractivity contribution < 1.29 is 13.2 Å². The molecule has 3 heterocycles.